The molecule has 0 spiro atoms. The Morgan fingerprint density at radius 2 is 2.12 bits per heavy atom. The van der Waals surface area contributed by atoms with Gasteiger partial charge in [-0.1, -0.05) is 11.6 Å². The van der Waals surface area contributed by atoms with Crippen LogP contribution in [0, 0.1) is 0 Å². The number of nitrogens with zero attached hydrogens (tertiary/aromatic N) is 1. The van der Waals surface area contributed by atoms with E-state index in [-0.39, 0.29) is 28.8 Å². The molecule has 0 aromatic heterocycles. The molecule has 0 bridgehead atoms. The number of hydrogen-bond acceptors (Lipinski definition) is 4. The van der Waals surface area contributed by atoms with E-state index >= 15 is 0 Å². The van der Waals surface area contributed by atoms with Crippen LogP contribution in [0.25, 0.3) is 0 Å². The summed E-state index contributed by atoms with van der Waals surface area (Å²) in [7, 11) is 0. The topological polar surface area (TPSA) is 108 Å². The van der Waals surface area contributed by atoms with E-state index in [1.54, 1.807) is 6.07 Å². The van der Waals surface area contributed by atoms with E-state index in [4.69, 9.17) is 21.4 Å². The molecule has 0 saturated carbocycles. The number of amides is 3. The molecule has 1 aromatic carbocycles. The van der Waals surface area contributed by atoms with E-state index in [2.05, 4.69) is 10.6 Å². The molecule has 1 fully saturated rings. The summed E-state index contributed by atoms with van der Waals surface area (Å²) in [5.41, 5.74) is 0.443. The minimum Gasteiger partial charge on any atom is -0.480 e. The zero-order valence-electron chi connectivity index (χ0n) is 14.6. The number of urea groups is 1. The van der Waals surface area contributed by atoms with Crippen molar-refractivity contribution in [3.63, 3.8) is 0 Å². The Morgan fingerprint density at radius 3 is 2.73 bits per heavy atom. The molecule has 0 radical (unpaired) electrons. The van der Waals surface area contributed by atoms with Crippen molar-refractivity contribution in [3.05, 3.63) is 23.2 Å². The molecule has 1 heterocycles. The van der Waals surface area contributed by atoms with Gasteiger partial charge in [-0.15, -0.1) is 0 Å². The van der Waals surface area contributed by atoms with Crippen LogP contribution in [0.4, 0.5) is 10.5 Å². The summed E-state index contributed by atoms with van der Waals surface area (Å²) in [6.45, 7) is 3.74. The number of rotatable bonds is 6. The normalized spacial score (nSPS) is 16.5. The number of carboxylic acid groups (broad SMARTS) is 1. The van der Waals surface area contributed by atoms with Crippen molar-refractivity contribution in [3.8, 4) is 5.75 Å². The Bertz CT molecular complexity index is 695. The van der Waals surface area contributed by atoms with Gasteiger partial charge in [0.25, 0.3) is 0 Å². The number of carbonyl (C=O) groups is 3. The number of ether oxygens (including phenoxy) is 1. The molecule has 9 heteroatoms. The van der Waals surface area contributed by atoms with Crippen molar-refractivity contribution in [1.82, 2.24) is 10.2 Å². The number of halogens is 1. The highest BCUT2D eigenvalue weighted by molar-refractivity contribution is 6.32. The highest BCUT2D eigenvalue weighted by atomic mass is 35.5. The third kappa shape index (κ3) is 5.26. The third-order valence-electron chi connectivity index (χ3n) is 3.78. The molecular formula is C17H22ClN3O5. The lowest BCUT2D eigenvalue weighted by molar-refractivity contribution is -0.139. The number of carboxylic acids is 1. The predicted molar refractivity (Wildman–Crippen MR) is 96.6 cm³/mol. The Hall–Kier alpha value is -2.48. The van der Waals surface area contributed by atoms with Gasteiger partial charge in [-0.2, -0.15) is 0 Å². The molecule has 0 aliphatic carbocycles. The van der Waals surface area contributed by atoms with Gasteiger partial charge >= 0.3 is 12.0 Å². The average molecular weight is 384 g/mol. The van der Waals surface area contributed by atoms with E-state index in [9.17, 15) is 14.4 Å². The van der Waals surface area contributed by atoms with Crippen molar-refractivity contribution in [2.75, 3.05) is 18.5 Å². The van der Waals surface area contributed by atoms with Gasteiger partial charge in [-0.05, 0) is 44.9 Å². The van der Waals surface area contributed by atoms with Crippen LogP contribution in [0.15, 0.2) is 18.2 Å². The Morgan fingerprint density at radius 1 is 1.38 bits per heavy atom. The van der Waals surface area contributed by atoms with Gasteiger partial charge in [-0.3, -0.25) is 4.79 Å². The highest BCUT2D eigenvalue weighted by Gasteiger charge is 2.34. The lowest BCUT2D eigenvalue weighted by Crippen LogP contribution is -2.49. The number of likely N-dealkylation sites (tertiary alicyclic amines) is 1. The summed E-state index contributed by atoms with van der Waals surface area (Å²) >= 11 is 6.05. The molecule has 3 N–H and O–H groups in total. The highest BCUT2D eigenvalue weighted by Crippen LogP contribution is 2.28. The summed E-state index contributed by atoms with van der Waals surface area (Å²) in [6.07, 6.45) is 1.34. The van der Waals surface area contributed by atoms with E-state index < -0.39 is 18.6 Å². The van der Waals surface area contributed by atoms with Gasteiger partial charge in [0.05, 0.1) is 5.02 Å². The summed E-state index contributed by atoms with van der Waals surface area (Å²) < 4.78 is 5.04. The van der Waals surface area contributed by atoms with E-state index in [1.165, 1.54) is 17.0 Å². The fourth-order valence-electron chi connectivity index (χ4n) is 2.67. The van der Waals surface area contributed by atoms with Crippen molar-refractivity contribution in [1.29, 1.82) is 0 Å². The standard InChI is InChI=1S/C17H22ClN3O5/c1-10(2)19-17(25)21-7-3-4-13(21)16(24)20-11-5-6-14(12(18)8-11)26-9-15(22)23/h5-6,8,10,13H,3-4,7,9H2,1-2H3,(H,19,25)(H,20,24)(H,22,23)/t13-/m0/s1. The van der Waals surface area contributed by atoms with Gasteiger partial charge in [0.2, 0.25) is 5.91 Å². The van der Waals surface area contributed by atoms with Crippen LogP contribution in [0.3, 0.4) is 0 Å². The molecule has 1 aromatic rings. The maximum Gasteiger partial charge on any atom is 0.341 e. The Kier molecular flexibility index (Phi) is 6.68. The first kappa shape index (κ1) is 19.8. The zero-order chi connectivity index (χ0) is 19.3. The summed E-state index contributed by atoms with van der Waals surface area (Å²) in [6, 6.07) is 3.71. The Labute approximate surface area is 156 Å². The number of aliphatic carboxylic acids is 1. The first-order chi connectivity index (χ1) is 12.3. The van der Waals surface area contributed by atoms with E-state index in [1.807, 2.05) is 13.8 Å². The second-order valence-corrected chi connectivity index (χ2v) is 6.68. The van der Waals surface area contributed by atoms with Gasteiger partial charge < -0.3 is 25.4 Å². The number of carbonyl (C=O) groups excluding carboxylic acids is 2. The molecule has 8 nitrogen and oxygen atoms in total. The lowest BCUT2D eigenvalue weighted by atomic mass is 10.2. The second kappa shape index (κ2) is 8.75. The zero-order valence-corrected chi connectivity index (χ0v) is 15.4. The Balaban J connectivity index is 2.01. The third-order valence-corrected chi connectivity index (χ3v) is 4.07. The van der Waals surface area contributed by atoms with Gasteiger partial charge in [0.1, 0.15) is 11.8 Å². The number of hydrogen-bond donors (Lipinski definition) is 3. The van der Waals surface area contributed by atoms with Crippen molar-refractivity contribution in [2.24, 2.45) is 0 Å². The molecule has 3 amide bonds. The van der Waals surface area contributed by atoms with Gasteiger partial charge in [-0.25, -0.2) is 9.59 Å². The fourth-order valence-corrected chi connectivity index (χ4v) is 2.91. The van der Waals surface area contributed by atoms with Crippen molar-refractivity contribution < 1.29 is 24.2 Å². The van der Waals surface area contributed by atoms with E-state index in [0.717, 1.165) is 6.42 Å². The molecule has 1 aliphatic heterocycles. The van der Waals surface area contributed by atoms with Crippen LogP contribution >= 0.6 is 11.6 Å². The summed E-state index contributed by atoms with van der Waals surface area (Å²) in [5.74, 6) is -1.19. The first-order valence-electron chi connectivity index (χ1n) is 8.30. The van der Waals surface area contributed by atoms with Crippen LogP contribution in [-0.4, -0.2) is 53.1 Å². The van der Waals surface area contributed by atoms with Crippen LogP contribution < -0.4 is 15.4 Å². The average Bonchev–Trinajstić information content (AvgIpc) is 3.03. The SMILES string of the molecule is CC(C)NC(=O)N1CCC[C@H]1C(=O)Nc1ccc(OCC(=O)O)c(Cl)c1. The van der Waals surface area contributed by atoms with Crippen molar-refractivity contribution in [2.45, 2.75) is 38.8 Å². The maximum atomic E-state index is 12.5. The lowest BCUT2D eigenvalue weighted by Gasteiger charge is -2.25. The smallest absolute Gasteiger partial charge is 0.341 e. The predicted octanol–water partition coefficient (Wildman–Crippen LogP) is 2.32. The maximum absolute atomic E-state index is 12.5. The second-order valence-electron chi connectivity index (χ2n) is 6.27. The van der Waals surface area contributed by atoms with Gasteiger partial charge in [0, 0.05) is 18.3 Å². The molecule has 1 saturated heterocycles. The quantitative estimate of drug-likeness (QED) is 0.698. The molecule has 142 valence electrons. The van der Waals surface area contributed by atoms with Crippen LogP contribution in [-0.2, 0) is 9.59 Å². The van der Waals surface area contributed by atoms with Crippen LogP contribution in [0.2, 0.25) is 5.02 Å². The van der Waals surface area contributed by atoms with Crippen molar-refractivity contribution >= 4 is 35.2 Å². The number of anilines is 1. The van der Waals surface area contributed by atoms with Gasteiger partial charge in [0.15, 0.2) is 6.61 Å². The number of benzene rings is 1. The van der Waals surface area contributed by atoms with E-state index in [0.29, 0.717) is 18.7 Å². The molecule has 1 atom stereocenters. The molecule has 0 unspecified atom stereocenters. The minimum absolute atomic E-state index is 0.0102. The van der Waals surface area contributed by atoms with Crippen LogP contribution in [0.5, 0.6) is 5.75 Å². The molecule has 26 heavy (non-hydrogen) atoms. The first-order valence-corrected chi connectivity index (χ1v) is 8.68. The molecule has 1 aliphatic rings. The number of nitrogens with one attached hydrogen (secondary N) is 2. The fraction of sp³-hybridized carbons (Fsp3) is 0.471. The van der Waals surface area contributed by atoms with Crippen LogP contribution in [0.1, 0.15) is 26.7 Å². The summed E-state index contributed by atoms with van der Waals surface area (Å²) in [5, 5.41) is 14.3. The summed E-state index contributed by atoms with van der Waals surface area (Å²) in [4.78, 5) is 36.8. The minimum atomic E-state index is -1.11. The molecule has 2 rings (SSSR count). The molecular weight excluding hydrogens is 362 g/mol. The largest absolute Gasteiger partial charge is 0.480 e. The monoisotopic (exact) mass is 383 g/mol.